The molecule has 1 aromatic rings. The molecule has 1 aliphatic carbocycles. The Balaban J connectivity index is 1.76. The first-order valence-corrected chi connectivity index (χ1v) is 11.7. The Hall–Kier alpha value is -0.630. The molecular formula is C21H30Cl2O5S. The van der Waals surface area contributed by atoms with Gasteiger partial charge in [0.25, 0.3) is 0 Å². The lowest BCUT2D eigenvalue weighted by Gasteiger charge is -2.23. The van der Waals surface area contributed by atoms with Gasteiger partial charge in [-0.25, -0.2) is 0 Å². The third-order valence-electron chi connectivity index (χ3n) is 5.67. The minimum atomic E-state index is -0.796. The van der Waals surface area contributed by atoms with Crippen LogP contribution in [0.15, 0.2) is 18.2 Å². The zero-order valence-electron chi connectivity index (χ0n) is 16.3. The van der Waals surface area contributed by atoms with Crippen LogP contribution < -0.4 is 0 Å². The molecule has 0 amide bonds. The zero-order chi connectivity index (χ0) is 21.4. The molecule has 1 heterocycles. The lowest BCUT2D eigenvalue weighted by atomic mass is 9.85. The number of aliphatic hydroxyl groups excluding tert-OH is 3. The highest BCUT2D eigenvalue weighted by Gasteiger charge is 2.40. The third kappa shape index (κ3) is 8.19. The molecule has 1 aliphatic rings. The molecule has 0 aromatic carbocycles. The average molecular weight is 465 g/mol. The number of hydrogen-bond acceptors (Lipinski definition) is 5. The monoisotopic (exact) mass is 464 g/mol. The Morgan fingerprint density at radius 3 is 2.59 bits per heavy atom. The summed E-state index contributed by atoms with van der Waals surface area (Å²) >= 11 is 13.4. The van der Waals surface area contributed by atoms with E-state index in [-0.39, 0.29) is 18.3 Å². The Bertz CT molecular complexity index is 678. The summed E-state index contributed by atoms with van der Waals surface area (Å²) in [7, 11) is 0. The Labute approximate surface area is 186 Å². The quantitative estimate of drug-likeness (QED) is 0.265. The molecule has 0 spiro atoms. The van der Waals surface area contributed by atoms with Crippen LogP contribution in [0, 0.1) is 11.8 Å². The van der Waals surface area contributed by atoms with Gasteiger partial charge in [-0.15, -0.1) is 11.3 Å². The van der Waals surface area contributed by atoms with E-state index in [4.69, 9.17) is 28.3 Å². The van der Waals surface area contributed by atoms with Crippen molar-refractivity contribution in [2.75, 3.05) is 0 Å². The van der Waals surface area contributed by atoms with Gasteiger partial charge in [0, 0.05) is 6.42 Å². The number of hydrogen-bond donors (Lipinski definition) is 4. The minimum Gasteiger partial charge on any atom is -0.481 e. The fourth-order valence-electron chi connectivity index (χ4n) is 4.04. The Morgan fingerprint density at radius 2 is 1.93 bits per heavy atom. The summed E-state index contributed by atoms with van der Waals surface area (Å²) in [5, 5.41) is 39.6. The molecule has 2 rings (SSSR count). The van der Waals surface area contributed by atoms with Crippen molar-refractivity contribution < 1.29 is 25.2 Å². The zero-order valence-corrected chi connectivity index (χ0v) is 18.7. The number of aliphatic carboxylic acids is 1. The van der Waals surface area contributed by atoms with Gasteiger partial charge in [-0.3, -0.25) is 4.79 Å². The second-order valence-corrected chi connectivity index (χ2v) is 10.1. The van der Waals surface area contributed by atoms with Crippen LogP contribution in [-0.2, 0) is 11.2 Å². The van der Waals surface area contributed by atoms with E-state index < -0.39 is 24.3 Å². The normalized spacial score (nSPS) is 25.7. The van der Waals surface area contributed by atoms with Crippen LogP contribution in [-0.4, -0.2) is 44.7 Å². The van der Waals surface area contributed by atoms with E-state index in [0.717, 1.165) is 5.56 Å². The number of carbonyl (C=O) groups is 1. The van der Waals surface area contributed by atoms with Gasteiger partial charge in [0.2, 0.25) is 0 Å². The first-order chi connectivity index (χ1) is 13.8. The molecule has 5 atom stereocenters. The Morgan fingerprint density at radius 1 is 1.21 bits per heavy atom. The summed E-state index contributed by atoms with van der Waals surface area (Å²) in [4.78, 5) is 10.5. The highest BCUT2D eigenvalue weighted by Crippen LogP contribution is 2.39. The number of rotatable bonds is 12. The molecule has 0 bridgehead atoms. The maximum atomic E-state index is 10.5. The third-order valence-corrected chi connectivity index (χ3v) is 7.23. The standard InChI is InChI=1S/C21H30Cl2O5S/c22-19-11-13(21(23)29-19)7-8-14(24)9-10-16-15(17(25)12-18(16)26)5-3-1-2-4-6-20(27)28/h1,3,11,14-18,24-26H,2,4-10,12H2,(H,27,28)/b3-1+. The second-order valence-electron chi connectivity index (χ2n) is 7.81. The van der Waals surface area contributed by atoms with E-state index >= 15 is 0 Å². The van der Waals surface area contributed by atoms with E-state index in [9.17, 15) is 20.1 Å². The van der Waals surface area contributed by atoms with Crippen LogP contribution in [0.4, 0.5) is 0 Å². The van der Waals surface area contributed by atoms with Gasteiger partial charge < -0.3 is 20.4 Å². The summed E-state index contributed by atoms with van der Waals surface area (Å²) in [6.45, 7) is 0. The maximum Gasteiger partial charge on any atom is 0.303 e. The number of thiophene rings is 1. The number of aliphatic hydroxyl groups is 3. The maximum absolute atomic E-state index is 10.5. The average Bonchev–Trinajstić information content (AvgIpc) is 3.11. The molecule has 1 fully saturated rings. The molecule has 5 nitrogen and oxygen atoms in total. The van der Waals surface area contributed by atoms with E-state index in [1.165, 1.54) is 11.3 Å². The molecule has 5 unspecified atom stereocenters. The smallest absolute Gasteiger partial charge is 0.303 e. The predicted molar refractivity (Wildman–Crippen MR) is 117 cm³/mol. The second kappa shape index (κ2) is 12.3. The van der Waals surface area contributed by atoms with Crippen LogP contribution >= 0.6 is 34.5 Å². The van der Waals surface area contributed by atoms with Crippen molar-refractivity contribution in [2.45, 2.75) is 76.1 Å². The minimum absolute atomic E-state index is 0.0435. The number of halogens is 2. The largest absolute Gasteiger partial charge is 0.481 e. The molecule has 0 aliphatic heterocycles. The molecule has 0 radical (unpaired) electrons. The van der Waals surface area contributed by atoms with Gasteiger partial charge in [0.1, 0.15) is 0 Å². The number of carboxylic acid groups (broad SMARTS) is 1. The highest BCUT2D eigenvalue weighted by atomic mass is 35.5. The van der Waals surface area contributed by atoms with Crippen molar-refractivity contribution in [2.24, 2.45) is 11.8 Å². The van der Waals surface area contributed by atoms with Crippen LogP contribution in [0.25, 0.3) is 0 Å². The number of unbranched alkanes of at least 4 members (excludes halogenated alkanes) is 1. The fourth-order valence-corrected chi connectivity index (χ4v) is 5.59. The molecule has 4 N–H and O–H groups in total. The van der Waals surface area contributed by atoms with Crippen molar-refractivity contribution in [3.63, 3.8) is 0 Å². The Kier molecular flexibility index (Phi) is 10.4. The first-order valence-electron chi connectivity index (χ1n) is 10.1. The lowest BCUT2D eigenvalue weighted by Crippen LogP contribution is -2.23. The van der Waals surface area contributed by atoms with Crippen molar-refractivity contribution in [3.8, 4) is 0 Å². The van der Waals surface area contributed by atoms with Gasteiger partial charge in [-0.05, 0) is 74.8 Å². The first kappa shape index (κ1) is 24.6. The summed E-state index contributed by atoms with van der Waals surface area (Å²) in [5.41, 5.74) is 0.947. The molecule has 8 heteroatoms. The van der Waals surface area contributed by atoms with Crippen LogP contribution in [0.1, 0.15) is 56.9 Å². The summed E-state index contributed by atoms with van der Waals surface area (Å²) in [6, 6.07) is 1.83. The van der Waals surface area contributed by atoms with Crippen molar-refractivity contribution >= 4 is 40.5 Å². The van der Waals surface area contributed by atoms with Crippen LogP contribution in [0.5, 0.6) is 0 Å². The van der Waals surface area contributed by atoms with Crippen molar-refractivity contribution in [1.82, 2.24) is 0 Å². The topological polar surface area (TPSA) is 98.0 Å². The van der Waals surface area contributed by atoms with Gasteiger partial charge in [-0.2, -0.15) is 0 Å². The highest BCUT2D eigenvalue weighted by molar-refractivity contribution is 7.20. The van der Waals surface area contributed by atoms with E-state index in [1.807, 2.05) is 18.2 Å². The lowest BCUT2D eigenvalue weighted by molar-refractivity contribution is -0.137. The SMILES string of the molecule is O=C(O)CCC/C=C/CC1C(O)CC(O)C1CCC(O)CCc1cc(Cl)sc1Cl. The molecular weight excluding hydrogens is 435 g/mol. The molecule has 164 valence electrons. The number of carboxylic acids is 1. The number of aryl methyl sites for hydroxylation is 1. The predicted octanol–water partition coefficient (Wildman–Crippen LogP) is 4.69. The number of allylic oxidation sites excluding steroid dienone is 2. The summed E-state index contributed by atoms with van der Waals surface area (Å²) in [6.07, 6.45) is 7.19. The van der Waals surface area contributed by atoms with Gasteiger partial charge in [0.15, 0.2) is 0 Å². The van der Waals surface area contributed by atoms with E-state index in [2.05, 4.69) is 0 Å². The molecule has 0 saturated heterocycles. The molecule has 1 aromatic heterocycles. The van der Waals surface area contributed by atoms with E-state index in [1.54, 1.807) is 0 Å². The molecule has 29 heavy (non-hydrogen) atoms. The summed E-state index contributed by atoms with van der Waals surface area (Å²) in [5.74, 6) is -0.892. The van der Waals surface area contributed by atoms with Crippen LogP contribution in [0.2, 0.25) is 8.67 Å². The van der Waals surface area contributed by atoms with E-state index in [0.29, 0.717) is 60.0 Å². The van der Waals surface area contributed by atoms with Crippen LogP contribution in [0.3, 0.4) is 0 Å². The molecule has 1 saturated carbocycles. The van der Waals surface area contributed by atoms with Crippen molar-refractivity contribution in [1.29, 1.82) is 0 Å². The van der Waals surface area contributed by atoms with Gasteiger partial charge >= 0.3 is 5.97 Å². The fraction of sp³-hybridized carbons (Fsp3) is 0.667. The van der Waals surface area contributed by atoms with Gasteiger partial charge in [0.05, 0.1) is 27.0 Å². The van der Waals surface area contributed by atoms with Crippen molar-refractivity contribution in [3.05, 3.63) is 32.5 Å². The summed E-state index contributed by atoms with van der Waals surface area (Å²) < 4.78 is 1.30. The van der Waals surface area contributed by atoms with Gasteiger partial charge in [-0.1, -0.05) is 35.4 Å².